The number of carbonyl (C=O) groups excluding carboxylic acids is 2. The van der Waals surface area contributed by atoms with Crippen molar-refractivity contribution < 1.29 is 19.1 Å². The van der Waals surface area contributed by atoms with Gasteiger partial charge in [-0.05, 0) is 85.0 Å². The first-order valence-corrected chi connectivity index (χ1v) is 8.76. The highest BCUT2D eigenvalue weighted by Crippen LogP contribution is 2.07. The van der Waals surface area contributed by atoms with Crippen molar-refractivity contribution in [2.75, 3.05) is 13.2 Å². The van der Waals surface area contributed by atoms with E-state index in [2.05, 4.69) is 28.5 Å². The molecule has 0 saturated carbocycles. The van der Waals surface area contributed by atoms with Gasteiger partial charge in [-0.2, -0.15) is 0 Å². The lowest BCUT2D eigenvalue weighted by atomic mass is 10.1. The third-order valence-electron chi connectivity index (χ3n) is 2.92. The van der Waals surface area contributed by atoms with Gasteiger partial charge in [0.25, 0.3) is 0 Å². The first kappa shape index (κ1) is 20.7. The number of esters is 2. The standard InChI is InChI=1S/C11H10O2.C9H9IO2/c1-3-9-5-7-10(8-6-9)11(12)13-4-2;1-2-12-9(11)7-3-5-8(10)6-4-7/h1,5-8H,4H2,2H3;3-6H,2H2,1H3. The number of ether oxygens (including phenoxy) is 2. The lowest BCUT2D eigenvalue weighted by molar-refractivity contribution is 0.0516. The zero-order chi connectivity index (χ0) is 18.7. The molecule has 5 heteroatoms. The molecule has 0 aliphatic carbocycles. The van der Waals surface area contributed by atoms with Crippen LogP contribution in [0.15, 0.2) is 48.5 Å². The molecule has 0 unspecified atom stereocenters. The normalized spacial score (nSPS) is 9.20. The summed E-state index contributed by atoms with van der Waals surface area (Å²) in [6, 6.07) is 14.0. The van der Waals surface area contributed by atoms with Crippen molar-refractivity contribution in [1.82, 2.24) is 0 Å². The minimum atomic E-state index is -0.314. The molecule has 2 rings (SSSR count). The van der Waals surface area contributed by atoms with Gasteiger partial charge in [-0.3, -0.25) is 0 Å². The van der Waals surface area contributed by atoms with Crippen LogP contribution in [0.5, 0.6) is 0 Å². The molecule has 4 nitrogen and oxygen atoms in total. The average molecular weight is 450 g/mol. The lowest BCUT2D eigenvalue weighted by Crippen LogP contribution is -2.03. The number of carbonyl (C=O) groups is 2. The molecule has 0 N–H and O–H groups in total. The van der Waals surface area contributed by atoms with Gasteiger partial charge in [0.15, 0.2) is 0 Å². The molecule has 0 bridgehead atoms. The molecule has 0 amide bonds. The number of benzene rings is 2. The molecule has 0 spiro atoms. The second-order valence-electron chi connectivity index (χ2n) is 4.67. The molecule has 0 atom stereocenters. The predicted molar refractivity (Wildman–Crippen MR) is 105 cm³/mol. The van der Waals surface area contributed by atoms with Crippen molar-refractivity contribution in [3.8, 4) is 12.3 Å². The number of terminal acetylenes is 1. The predicted octanol–water partition coefficient (Wildman–Crippen LogP) is 4.31. The summed E-state index contributed by atoms with van der Waals surface area (Å²) >= 11 is 2.19. The largest absolute Gasteiger partial charge is 0.462 e. The van der Waals surface area contributed by atoms with Crippen LogP contribution >= 0.6 is 22.6 Å². The third-order valence-corrected chi connectivity index (χ3v) is 3.64. The van der Waals surface area contributed by atoms with Gasteiger partial charge in [0, 0.05) is 9.13 Å². The van der Waals surface area contributed by atoms with Gasteiger partial charge >= 0.3 is 11.9 Å². The Morgan fingerprint density at radius 2 is 1.28 bits per heavy atom. The van der Waals surface area contributed by atoms with Crippen LogP contribution in [0, 0.1) is 15.9 Å². The van der Waals surface area contributed by atoms with Crippen LogP contribution in [0.4, 0.5) is 0 Å². The number of hydrogen-bond acceptors (Lipinski definition) is 4. The molecular weight excluding hydrogens is 431 g/mol. The number of rotatable bonds is 4. The van der Waals surface area contributed by atoms with Crippen molar-refractivity contribution in [2.45, 2.75) is 13.8 Å². The summed E-state index contributed by atoms with van der Waals surface area (Å²) in [6.45, 7) is 4.37. The molecule has 2 aromatic carbocycles. The Bertz CT molecular complexity index is 728. The minimum absolute atomic E-state index is 0.256. The molecule has 2 aromatic rings. The molecular formula is C20H19IO4. The highest BCUT2D eigenvalue weighted by atomic mass is 127. The average Bonchev–Trinajstić information content (AvgIpc) is 2.63. The number of halogens is 1. The van der Waals surface area contributed by atoms with Gasteiger partial charge in [0.05, 0.1) is 24.3 Å². The van der Waals surface area contributed by atoms with E-state index in [0.717, 1.165) is 9.13 Å². The highest BCUT2D eigenvalue weighted by Gasteiger charge is 2.04. The van der Waals surface area contributed by atoms with Crippen LogP contribution in [0.25, 0.3) is 0 Å². The molecule has 25 heavy (non-hydrogen) atoms. The summed E-state index contributed by atoms with van der Waals surface area (Å²) < 4.78 is 10.7. The van der Waals surface area contributed by atoms with E-state index in [1.165, 1.54) is 0 Å². The van der Waals surface area contributed by atoms with Gasteiger partial charge in [-0.15, -0.1) is 6.42 Å². The Kier molecular flexibility index (Phi) is 9.33. The minimum Gasteiger partial charge on any atom is -0.462 e. The van der Waals surface area contributed by atoms with Gasteiger partial charge in [0.1, 0.15) is 0 Å². The van der Waals surface area contributed by atoms with E-state index in [4.69, 9.17) is 15.9 Å². The van der Waals surface area contributed by atoms with E-state index in [-0.39, 0.29) is 11.9 Å². The zero-order valence-corrected chi connectivity index (χ0v) is 16.3. The van der Waals surface area contributed by atoms with E-state index in [1.54, 1.807) is 50.2 Å². The summed E-state index contributed by atoms with van der Waals surface area (Å²) in [6.07, 6.45) is 5.17. The van der Waals surface area contributed by atoms with Crippen molar-refractivity contribution >= 4 is 34.5 Å². The van der Waals surface area contributed by atoms with Crippen molar-refractivity contribution in [1.29, 1.82) is 0 Å². The van der Waals surface area contributed by atoms with Crippen molar-refractivity contribution in [2.24, 2.45) is 0 Å². The summed E-state index contributed by atoms with van der Waals surface area (Å²) in [4.78, 5) is 22.3. The van der Waals surface area contributed by atoms with Gasteiger partial charge in [0.2, 0.25) is 0 Å². The second kappa shape index (κ2) is 11.3. The highest BCUT2D eigenvalue weighted by molar-refractivity contribution is 14.1. The fourth-order valence-electron chi connectivity index (χ4n) is 1.72. The Labute approximate surface area is 161 Å². The van der Waals surface area contributed by atoms with Crippen LogP contribution in [0.1, 0.15) is 40.1 Å². The summed E-state index contributed by atoms with van der Waals surface area (Å²) in [5.41, 5.74) is 1.89. The van der Waals surface area contributed by atoms with Crippen LogP contribution in [0.2, 0.25) is 0 Å². The zero-order valence-electron chi connectivity index (χ0n) is 14.1. The lowest BCUT2D eigenvalue weighted by Gasteiger charge is -2.00. The van der Waals surface area contributed by atoms with Gasteiger partial charge in [-0.1, -0.05) is 5.92 Å². The number of hydrogen-bond donors (Lipinski definition) is 0. The molecule has 0 radical (unpaired) electrons. The molecule has 0 saturated heterocycles. The van der Waals surface area contributed by atoms with E-state index < -0.39 is 0 Å². The smallest absolute Gasteiger partial charge is 0.338 e. The molecule has 0 aromatic heterocycles. The van der Waals surface area contributed by atoms with Crippen LogP contribution in [-0.2, 0) is 9.47 Å². The summed E-state index contributed by atoms with van der Waals surface area (Å²) in [7, 11) is 0. The Morgan fingerprint density at radius 1 is 0.880 bits per heavy atom. The Balaban J connectivity index is 0.000000251. The molecule has 0 aliphatic heterocycles. The van der Waals surface area contributed by atoms with Gasteiger partial charge < -0.3 is 9.47 Å². The summed E-state index contributed by atoms with van der Waals surface area (Å²) in [5.74, 6) is 1.90. The molecule has 0 heterocycles. The van der Waals surface area contributed by atoms with Crippen molar-refractivity contribution in [3.05, 3.63) is 68.8 Å². The maximum atomic E-state index is 11.2. The second-order valence-corrected chi connectivity index (χ2v) is 5.92. The summed E-state index contributed by atoms with van der Waals surface area (Å²) in [5, 5.41) is 0. The van der Waals surface area contributed by atoms with E-state index >= 15 is 0 Å². The topological polar surface area (TPSA) is 52.6 Å². The van der Waals surface area contributed by atoms with E-state index in [9.17, 15) is 9.59 Å². The SMILES string of the molecule is C#Cc1ccc(C(=O)OCC)cc1.CCOC(=O)c1ccc(I)cc1. The molecule has 0 aliphatic rings. The first-order chi connectivity index (χ1) is 12.0. The van der Waals surface area contributed by atoms with Crippen LogP contribution < -0.4 is 0 Å². The Hall–Kier alpha value is -2.33. The van der Waals surface area contributed by atoms with Crippen LogP contribution in [-0.4, -0.2) is 25.2 Å². The van der Waals surface area contributed by atoms with Crippen LogP contribution in [0.3, 0.4) is 0 Å². The molecule has 0 fully saturated rings. The quantitative estimate of drug-likeness (QED) is 0.396. The first-order valence-electron chi connectivity index (χ1n) is 7.68. The fourth-order valence-corrected chi connectivity index (χ4v) is 2.08. The van der Waals surface area contributed by atoms with E-state index in [0.29, 0.717) is 24.3 Å². The third kappa shape index (κ3) is 7.40. The van der Waals surface area contributed by atoms with E-state index in [1.807, 2.05) is 12.1 Å². The monoisotopic (exact) mass is 450 g/mol. The maximum absolute atomic E-state index is 11.2. The fraction of sp³-hybridized carbons (Fsp3) is 0.200. The molecule has 130 valence electrons. The maximum Gasteiger partial charge on any atom is 0.338 e. The van der Waals surface area contributed by atoms with Crippen molar-refractivity contribution in [3.63, 3.8) is 0 Å². The van der Waals surface area contributed by atoms with Gasteiger partial charge in [-0.25, -0.2) is 9.59 Å². The Morgan fingerprint density at radius 3 is 1.64 bits per heavy atom.